The van der Waals surface area contributed by atoms with Gasteiger partial charge in [-0.25, -0.2) is 0 Å². The van der Waals surface area contributed by atoms with E-state index in [0.29, 0.717) is 6.42 Å². The van der Waals surface area contributed by atoms with Gasteiger partial charge in [-0.1, -0.05) is 60.7 Å². The molecule has 7 nitrogen and oxygen atoms in total. The van der Waals surface area contributed by atoms with Crippen molar-refractivity contribution in [2.24, 2.45) is 0 Å². The first-order chi connectivity index (χ1) is 14.2. The van der Waals surface area contributed by atoms with Gasteiger partial charge in [0.15, 0.2) is 5.60 Å². The Hall–Kier alpha value is -2.81. The van der Waals surface area contributed by atoms with Gasteiger partial charge in [-0.2, -0.15) is 8.42 Å². The second-order valence-electron chi connectivity index (χ2n) is 7.33. The normalized spacial score (nSPS) is 21.6. The molecule has 0 radical (unpaired) electrons. The second kappa shape index (κ2) is 8.91. The summed E-state index contributed by atoms with van der Waals surface area (Å²) < 4.78 is 39.5. The third-order valence-electron chi connectivity index (χ3n) is 5.16. The quantitative estimate of drug-likeness (QED) is 0.387. The van der Waals surface area contributed by atoms with Crippen LogP contribution >= 0.6 is 0 Å². The Morgan fingerprint density at radius 1 is 1.03 bits per heavy atom. The average molecular weight is 429 g/mol. The van der Waals surface area contributed by atoms with Crippen LogP contribution in [-0.4, -0.2) is 29.5 Å². The van der Waals surface area contributed by atoms with Crippen LogP contribution in [-0.2, 0) is 27.9 Å². The van der Waals surface area contributed by atoms with Crippen LogP contribution in [0.4, 0.5) is 0 Å². The Morgan fingerprint density at radius 2 is 1.60 bits per heavy atom. The van der Waals surface area contributed by atoms with Crippen LogP contribution < -0.4 is 0 Å². The summed E-state index contributed by atoms with van der Waals surface area (Å²) in [7, 11) is -4.63. The molecule has 0 saturated carbocycles. The van der Waals surface area contributed by atoms with Gasteiger partial charge in [-0.15, -0.1) is 0 Å². The average Bonchev–Trinajstić information content (AvgIpc) is 2.71. The predicted molar refractivity (Wildman–Crippen MR) is 113 cm³/mol. The Labute approximate surface area is 175 Å². The van der Waals surface area contributed by atoms with Crippen molar-refractivity contribution >= 4 is 10.1 Å². The minimum Gasteiger partial charge on any atom is -0.359 e. The zero-order valence-electron chi connectivity index (χ0n) is 16.5. The molecule has 0 fully saturated rings. The third-order valence-corrected chi connectivity index (χ3v) is 6.12. The summed E-state index contributed by atoms with van der Waals surface area (Å²) in [5.74, 6) is 0. The Morgan fingerprint density at radius 3 is 2.13 bits per heavy atom. The highest BCUT2D eigenvalue weighted by Crippen LogP contribution is 2.37. The first-order valence-corrected chi connectivity index (χ1v) is 10.9. The molecule has 2 atom stereocenters. The predicted octanol–water partition coefficient (Wildman–Crippen LogP) is 3.95. The molecule has 0 aromatic heterocycles. The Bertz CT molecular complexity index is 1060. The van der Waals surface area contributed by atoms with Crippen molar-refractivity contribution in [2.75, 3.05) is 0 Å². The summed E-state index contributed by atoms with van der Waals surface area (Å²) in [6, 6.07) is 17.0. The standard InChI is InChI=1S/C22H23NO6S/c1-22(29-16-18-10-6-3-7-11-18)15-14-20(30(26,27)28)19(21(22)23(24)25)13-12-17-8-4-2-5-9-17/h2-11,14-15,21H,12-13,16H2,1H3,(H,26,27,28). The summed E-state index contributed by atoms with van der Waals surface area (Å²) in [6.45, 7) is 1.68. The molecule has 0 spiro atoms. The number of allylic oxidation sites excluding steroid dienone is 1. The van der Waals surface area contributed by atoms with Gasteiger partial charge in [0.1, 0.15) is 0 Å². The molecule has 1 N–H and O–H groups in total. The van der Waals surface area contributed by atoms with Crippen LogP contribution in [0.1, 0.15) is 24.5 Å². The van der Waals surface area contributed by atoms with Gasteiger partial charge in [0.25, 0.3) is 16.2 Å². The molecule has 1 aliphatic carbocycles. The van der Waals surface area contributed by atoms with E-state index in [-0.39, 0.29) is 18.6 Å². The SMILES string of the molecule is CC1(OCc2ccccc2)C=CC(S(=O)(=O)O)=C(CCc2ccccc2)C1[N+](=O)[O-]. The smallest absolute Gasteiger partial charge is 0.294 e. The largest absolute Gasteiger partial charge is 0.359 e. The molecule has 0 amide bonds. The van der Waals surface area contributed by atoms with Gasteiger partial charge >= 0.3 is 0 Å². The number of nitrogens with zero attached hydrogens (tertiary/aromatic N) is 1. The molecule has 30 heavy (non-hydrogen) atoms. The van der Waals surface area contributed by atoms with Gasteiger partial charge in [-0.05, 0) is 43.0 Å². The first-order valence-electron chi connectivity index (χ1n) is 9.46. The Kier molecular flexibility index (Phi) is 6.50. The van der Waals surface area contributed by atoms with Gasteiger partial charge in [0.05, 0.1) is 11.5 Å². The van der Waals surface area contributed by atoms with Crippen LogP contribution in [0.25, 0.3) is 0 Å². The number of benzene rings is 2. The maximum atomic E-state index is 12.1. The number of nitro groups is 1. The van der Waals surface area contributed by atoms with E-state index in [0.717, 1.165) is 11.1 Å². The number of aryl methyl sites for hydroxylation is 1. The van der Waals surface area contributed by atoms with Crippen molar-refractivity contribution in [2.45, 2.75) is 38.0 Å². The fourth-order valence-electron chi connectivity index (χ4n) is 3.63. The van der Waals surface area contributed by atoms with Gasteiger partial charge in [-0.3, -0.25) is 14.7 Å². The molecule has 2 aromatic rings. The lowest BCUT2D eigenvalue weighted by Crippen LogP contribution is -2.48. The molecule has 0 aliphatic heterocycles. The maximum absolute atomic E-state index is 12.1. The summed E-state index contributed by atoms with van der Waals surface area (Å²) in [5.41, 5.74) is 0.400. The third kappa shape index (κ3) is 5.02. The van der Waals surface area contributed by atoms with Crippen molar-refractivity contribution in [3.8, 4) is 0 Å². The molecule has 2 unspecified atom stereocenters. The molecule has 0 saturated heterocycles. The molecule has 0 bridgehead atoms. The summed E-state index contributed by atoms with van der Waals surface area (Å²) in [4.78, 5) is 11.1. The molecule has 1 aliphatic rings. The van der Waals surface area contributed by atoms with Gasteiger partial charge in [0.2, 0.25) is 0 Å². The van der Waals surface area contributed by atoms with Crippen molar-refractivity contribution in [1.29, 1.82) is 0 Å². The lowest BCUT2D eigenvalue weighted by atomic mass is 9.83. The molecule has 8 heteroatoms. The van der Waals surface area contributed by atoms with E-state index in [4.69, 9.17) is 4.74 Å². The van der Waals surface area contributed by atoms with Crippen LogP contribution in [0.5, 0.6) is 0 Å². The van der Waals surface area contributed by atoms with Crippen molar-refractivity contribution < 1.29 is 22.6 Å². The highest BCUT2D eigenvalue weighted by Gasteiger charge is 2.49. The fourth-order valence-corrected chi connectivity index (χ4v) is 4.42. The van der Waals surface area contributed by atoms with E-state index < -0.39 is 31.6 Å². The number of ether oxygens (including phenoxy) is 1. The van der Waals surface area contributed by atoms with Crippen molar-refractivity contribution in [1.82, 2.24) is 0 Å². The molecule has 3 rings (SSSR count). The molecular weight excluding hydrogens is 406 g/mol. The minimum absolute atomic E-state index is 0.0319. The zero-order chi connectivity index (χ0) is 21.8. The first kappa shape index (κ1) is 21.9. The number of rotatable bonds is 8. The van der Waals surface area contributed by atoms with Crippen LogP contribution in [0.3, 0.4) is 0 Å². The summed E-state index contributed by atoms with van der Waals surface area (Å²) in [6.07, 6.45) is 3.04. The lowest BCUT2D eigenvalue weighted by Gasteiger charge is -2.34. The summed E-state index contributed by atoms with van der Waals surface area (Å²) in [5, 5.41) is 12.1. The highest BCUT2D eigenvalue weighted by molar-refractivity contribution is 7.90. The molecular formula is C22H23NO6S. The van der Waals surface area contributed by atoms with E-state index in [2.05, 4.69) is 0 Å². The molecule has 2 aromatic carbocycles. The molecule has 0 heterocycles. The Balaban J connectivity index is 1.95. The van der Waals surface area contributed by atoms with Crippen LogP contribution in [0.15, 0.2) is 83.3 Å². The second-order valence-corrected chi connectivity index (χ2v) is 8.72. The van der Waals surface area contributed by atoms with E-state index in [1.165, 1.54) is 12.2 Å². The minimum atomic E-state index is -4.63. The number of hydrogen-bond donors (Lipinski definition) is 1. The molecule has 158 valence electrons. The van der Waals surface area contributed by atoms with Crippen LogP contribution in [0.2, 0.25) is 0 Å². The monoisotopic (exact) mass is 429 g/mol. The van der Waals surface area contributed by atoms with Gasteiger partial charge in [0, 0.05) is 10.5 Å². The topological polar surface area (TPSA) is 107 Å². The van der Waals surface area contributed by atoms with E-state index >= 15 is 0 Å². The van der Waals surface area contributed by atoms with E-state index in [1.54, 1.807) is 6.92 Å². The lowest BCUT2D eigenvalue weighted by molar-refractivity contribution is -0.532. The van der Waals surface area contributed by atoms with Crippen molar-refractivity contribution in [3.63, 3.8) is 0 Å². The van der Waals surface area contributed by atoms with Gasteiger partial charge < -0.3 is 4.74 Å². The van der Waals surface area contributed by atoms with Crippen LogP contribution in [0, 0.1) is 10.1 Å². The number of hydrogen-bond acceptors (Lipinski definition) is 5. The zero-order valence-corrected chi connectivity index (χ0v) is 17.3. The van der Waals surface area contributed by atoms with Crippen molar-refractivity contribution in [3.05, 3.63) is 105 Å². The van der Waals surface area contributed by atoms with E-state index in [1.807, 2.05) is 60.7 Å². The fraction of sp³-hybridized carbons (Fsp3) is 0.273. The van der Waals surface area contributed by atoms with E-state index in [9.17, 15) is 23.1 Å². The summed E-state index contributed by atoms with van der Waals surface area (Å²) >= 11 is 0. The maximum Gasteiger partial charge on any atom is 0.294 e. The highest BCUT2D eigenvalue weighted by atomic mass is 32.2.